The first-order chi connectivity index (χ1) is 12.6. The Labute approximate surface area is 161 Å². The fraction of sp³-hybridized carbons (Fsp3) is 0.143. The van der Waals surface area contributed by atoms with Gasteiger partial charge in [-0.3, -0.25) is 4.98 Å². The molecule has 3 rings (SSSR count). The van der Waals surface area contributed by atoms with Gasteiger partial charge < -0.3 is 10.6 Å². The number of carbonyl (C=O) groups is 1. The van der Waals surface area contributed by atoms with E-state index in [1.165, 1.54) is 5.56 Å². The highest BCUT2D eigenvalue weighted by atomic mass is 79.9. The van der Waals surface area contributed by atoms with E-state index in [-0.39, 0.29) is 6.03 Å². The zero-order valence-electron chi connectivity index (χ0n) is 14.5. The number of aryl methyl sites for hydroxylation is 1. The summed E-state index contributed by atoms with van der Waals surface area (Å²) in [5, 5.41) is 5.74. The number of benzene rings is 2. The van der Waals surface area contributed by atoms with Gasteiger partial charge in [-0.2, -0.15) is 0 Å². The van der Waals surface area contributed by atoms with Crippen molar-refractivity contribution in [2.45, 2.75) is 13.3 Å². The van der Waals surface area contributed by atoms with Crippen LogP contribution < -0.4 is 10.6 Å². The molecular formula is C21H20BrN3O. The predicted octanol–water partition coefficient (Wildman–Crippen LogP) is 5.18. The first-order valence-corrected chi connectivity index (χ1v) is 9.22. The van der Waals surface area contributed by atoms with E-state index in [0.29, 0.717) is 6.54 Å². The number of halogens is 1. The van der Waals surface area contributed by atoms with Gasteiger partial charge in [-0.25, -0.2) is 4.79 Å². The summed E-state index contributed by atoms with van der Waals surface area (Å²) < 4.78 is 1.05. The molecule has 2 amide bonds. The van der Waals surface area contributed by atoms with Crippen LogP contribution in [0.3, 0.4) is 0 Å². The minimum absolute atomic E-state index is 0.199. The van der Waals surface area contributed by atoms with Gasteiger partial charge in [0.2, 0.25) is 0 Å². The van der Waals surface area contributed by atoms with Crippen molar-refractivity contribution in [1.29, 1.82) is 0 Å². The van der Waals surface area contributed by atoms with Crippen LogP contribution in [0, 0.1) is 6.92 Å². The Morgan fingerprint density at radius 1 is 1.00 bits per heavy atom. The number of carbonyl (C=O) groups excluding carboxylic acids is 1. The summed E-state index contributed by atoms with van der Waals surface area (Å²) in [5.41, 5.74) is 5.14. The first kappa shape index (κ1) is 18.1. The number of nitrogens with one attached hydrogen (secondary N) is 2. The normalized spacial score (nSPS) is 10.4. The smallest absolute Gasteiger partial charge is 0.319 e. The highest BCUT2D eigenvalue weighted by Crippen LogP contribution is 2.21. The average Bonchev–Trinajstić information content (AvgIpc) is 2.64. The fourth-order valence-corrected chi connectivity index (χ4v) is 2.88. The van der Waals surface area contributed by atoms with Gasteiger partial charge in [0.1, 0.15) is 0 Å². The summed E-state index contributed by atoms with van der Waals surface area (Å²) in [4.78, 5) is 16.2. The highest BCUT2D eigenvalue weighted by Gasteiger charge is 2.03. The molecule has 0 spiro atoms. The van der Waals surface area contributed by atoms with Crippen LogP contribution in [-0.4, -0.2) is 17.6 Å². The molecular weight excluding hydrogens is 390 g/mol. The van der Waals surface area contributed by atoms with Crippen LogP contribution in [0.1, 0.15) is 11.3 Å². The minimum Gasteiger partial charge on any atom is -0.338 e. The maximum absolute atomic E-state index is 12.0. The van der Waals surface area contributed by atoms with Crippen LogP contribution in [-0.2, 0) is 6.42 Å². The Kier molecular flexibility index (Phi) is 6.02. The van der Waals surface area contributed by atoms with Gasteiger partial charge in [0, 0.05) is 28.6 Å². The Balaban J connectivity index is 1.50. The van der Waals surface area contributed by atoms with Crippen LogP contribution >= 0.6 is 15.9 Å². The molecule has 2 N–H and O–H groups in total. The molecule has 0 aliphatic rings. The third kappa shape index (κ3) is 5.17. The molecule has 0 radical (unpaired) electrons. The van der Waals surface area contributed by atoms with Crippen LogP contribution in [0.5, 0.6) is 0 Å². The second kappa shape index (κ2) is 8.63. The van der Waals surface area contributed by atoms with Crippen LogP contribution in [0.15, 0.2) is 71.3 Å². The quantitative estimate of drug-likeness (QED) is 0.609. The van der Waals surface area contributed by atoms with Crippen molar-refractivity contribution in [1.82, 2.24) is 10.3 Å². The summed E-state index contributed by atoms with van der Waals surface area (Å²) in [5.74, 6) is 0. The lowest BCUT2D eigenvalue weighted by atomic mass is 10.1. The molecule has 0 aliphatic carbocycles. The van der Waals surface area contributed by atoms with Gasteiger partial charge in [-0.05, 0) is 66.4 Å². The molecule has 0 fully saturated rings. The van der Waals surface area contributed by atoms with Crippen LogP contribution in [0.2, 0.25) is 0 Å². The average molecular weight is 410 g/mol. The zero-order valence-corrected chi connectivity index (χ0v) is 16.1. The van der Waals surface area contributed by atoms with Crippen molar-refractivity contribution in [3.63, 3.8) is 0 Å². The minimum atomic E-state index is -0.199. The maximum Gasteiger partial charge on any atom is 0.319 e. The van der Waals surface area contributed by atoms with Crippen LogP contribution in [0.4, 0.5) is 10.5 Å². The van der Waals surface area contributed by atoms with E-state index in [0.717, 1.165) is 33.4 Å². The Bertz CT molecular complexity index is 877. The number of hydrogen-bond donors (Lipinski definition) is 2. The van der Waals surface area contributed by atoms with E-state index < -0.39 is 0 Å². The molecule has 5 heteroatoms. The van der Waals surface area contributed by atoms with E-state index in [9.17, 15) is 4.79 Å². The second-order valence-electron chi connectivity index (χ2n) is 6.02. The molecule has 0 atom stereocenters. The highest BCUT2D eigenvalue weighted by molar-refractivity contribution is 9.10. The second-order valence-corrected chi connectivity index (χ2v) is 6.94. The molecule has 0 saturated carbocycles. The van der Waals surface area contributed by atoms with Gasteiger partial charge in [0.15, 0.2) is 0 Å². The fourth-order valence-electron chi connectivity index (χ4n) is 2.62. The summed E-state index contributed by atoms with van der Waals surface area (Å²) in [6, 6.07) is 19.7. The summed E-state index contributed by atoms with van der Waals surface area (Å²) >= 11 is 3.41. The van der Waals surface area contributed by atoms with Gasteiger partial charge in [-0.15, -0.1) is 0 Å². The SMILES string of the molecule is Cc1cc(-c2ccc(NC(=O)NCCc3ccc(Br)cc3)cc2)ccn1. The molecule has 0 unspecified atom stereocenters. The van der Waals surface area contributed by atoms with E-state index in [2.05, 4.69) is 31.5 Å². The van der Waals surface area contributed by atoms with E-state index in [1.807, 2.05) is 67.6 Å². The Morgan fingerprint density at radius 2 is 1.73 bits per heavy atom. The number of urea groups is 1. The van der Waals surface area contributed by atoms with Gasteiger partial charge in [0.25, 0.3) is 0 Å². The summed E-state index contributed by atoms with van der Waals surface area (Å²) in [7, 11) is 0. The Morgan fingerprint density at radius 3 is 2.42 bits per heavy atom. The van der Waals surface area contributed by atoms with Crippen molar-refractivity contribution in [2.75, 3.05) is 11.9 Å². The lowest BCUT2D eigenvalue weighted by Gasteiger charge is -2.09. The number of anilines is 1. The molecule has 4 nitrogen and oxygen atoms in total. The largest absolute Gasteiger partial charge is 0.338 e. The predicted molar refractivity (Wildman–Crippen MR) is 109 cm³/mol. The molecule has 132 valence electrons. The number of hydrogen-bond acceptors (Lipinski definition) is 2. The zero-order chi connectivity index (χ0) is 18.4. The molecule has 2 aromatic carbocycles. The standard InChI is InChI=1S/C21H20BrN3O/c1-15-14-18(11-13-23-15)17-4-8-20(9-5-17)25-21(26)24-12-10-16-2-6-19(22)7-3-16/h2-9,11,13-14H,10,12H2,1H3,(H2,24,25,26). The van der Waals surface area contributed by atoms with E-state index in [4.69, 9.17) is 0 Å². The van der Waals surface area contributed by atoms with Crippen LogP contribution in [0.25, 0.3) is 11.1 Å². The van der Waals surface area contributed by atoms with Crippen molar-refractivity contribution in [3.05, 3.63) is 82.6 Å². The van der Waals surface area contributed by atoms with Gasteiger partial charge >= 0.3 is 6.03 Å². The third-order valence-corrected chi connectivity index (χ3v) is 4.51. The summed E-state index contributed by atoms with van der Waals surface area (Å²) in [6.07, 6.45) is 2.59. The lowest BCUT2D eigenvalue weighted by molar-refractivity contribution is 0.252. The van der Waals surface area contributed by atoms with Crippen molar-refractivity contribution < 1.29 is 4.79 Å². The van der Waals surface area contributed by atoms with E-state index in [1.54, 1.807) is 6.20 Å². The van der Waals surface area contributed by atoms with E-state index >= 15 is 0 Å². The third-order valence-electron chi connectivity index (χ3n) is 3.99. The molecule has 1 aromatic heterocycles. The number of nitrogens with zero attached hydrogens (tertiary/aromatic N) is 1. The number of rotatable bonds is 5. The lowest BCUT2D eigenvalue weighted by Crippen LogP contribution is -2.30. The first-order valence-electron chi connectivity index (χ1n) is 8.42. The van der Waals surface area contributed by atoms with Gasteiger partial charge in [-0.1, -0.05) is 40.2 Å². The molecule has 3 aromatic rings. The molecule has 0 saturated heterocycles. The maximum atomic E-state index is 12.0. The molecule has 0 bridgehead atoms. The molecule has 0 aliphatic heterocycles. The Hall–Kier alpha value is -2.66. The molecule has 26 heavy (non-hydrogen) atoms. The topological polar surface area (TPSA) is 54.0 Å². The summed E-state index contributed by atoms with van der Waals surface area (Å²) in [6.45, 7) is 2.56. The number of aromatic nitrogens is 1. The number of amides is 2. The van der Waals surface area contributed by atoms with Crippen molar-refractivity contribution in [2.24, 2.45) is 0 Å². The van der Waals surface area contributed by atoms with Crippen molar-refractivity contribution >= 4 is 27.6 Å². The van der Waals surface area contributed by atoms with Gasteiger partial charge in [0.05, 0.1) is 0 Å². The monoisotopic (exact) mass is 409 g/mol. The molecule has 1 heterocycles. The number of pyridine rings is 1. The van der Waals surface area contributed by atoms with Crippen molar-refractivity contribution in [3.8, 4) is 11.1 Å².